The van der Waals surface area contributed by atoms with Gasteiger partial charge in [-0.25, -0.2) is 0 Å². The van der Waals surface area contributed by atoms with Gasteiger partial charge in [0, 0.05) is 25.7 Å². The summed E-state index contributed by atoms with van der Waals surface area (Å²) in [5, 5.41) is 3.18. The van der Waals surface area contributed by atoms with Crippen LogP contribution < -0.4 is 11.1 Å². The highest BCUT2D eigenvalue weighted by atomic mass is 16.2. The van der Waals surface area contributed by atoms with Crippen LogP contribution in [0.2, 0.25) is 0 Å². The molecule has 108 valence electrons. The van der Waals surface area contributed by atoms with Crippen molar-refractivity contribution in [3.63, 3.8) is 0 Å². The van der Waals surface area contributed by atoms with E-state index in [4.69, 9.17) is 5.73 Å². The molecule has 1 heterocycles. The largest absolute Gasteiger partial charge is 0.352 e. The number of carbonyl (C=O) groups excluding carboxylic acids is 1. The molecule has 0 atom stereocenters. The molecular weight excluding hydrogens is 238 g/mol. The Morgan fingerprint density at radius 3 is 2.53 bits per heavy atom. The lowest BCUT2D eigenvalue weighted by atomic mass is 9.81. The van der Waals surface area contributed by atoms with E-state index in [1.807, 2.05) is 6.08 Å². The van der Waals surface area contributed by atoms with E-state index in [1.54, 1.807) is 0 Å². The Bertz CT molecular complexity index is 315. The fourth-order valence-corrected chi connectivity index (χ4v) is 3.18. The molecule has 0 aromatic rings. The van der Waals surface area contributed by atoms with Gasteiger partial charge in [-0.1, -0.05) is 25.3 Å². The number of piperidine rings is 1. The topological polar surface area (TPSA) is 58.4 Å². The third kappa shape index (κ3) is 3.80. The summed E-state index contributed by atoms with van der Waals surface area (Å²) in [6.07, 6.45) is 9.05. The third-order valence-electron chi connectivity index (χ3n) is 4.51. The van der Waals surface area contributed by atoms with Gasteiger partial charge in [0.15, 0.2) is 0 Å². The molecule has 4 nitrogen and oxygen atoms in total. The Hall–Kier alpha value is -0.870. The van der Waals surface area contributed by atoms with Crippen LogP contribution in [0.5, 0.6) is 0 Å². The minimum absolute atomic E-state index is 0.0781. The van der Waals surface area contributed by atoms with E-state index in [0.717, 1.165) is 58.2 Å². The van der Waals surface area contributed by atoms with Crippen molar-refractivity contribution in [2.24, 2.45) is 5.73 Å². The first-order valence-electron chi connectivity index (χ1n) is 7.57. The van der Waals surface area contributed by atoms with E-state index in [0.29, 0.717) is 6.04 Å². The Kier molecular flexibility index (Phi) is 4.99. The van der Waals surface area contributed by atoms with Gasteiger partial charge in [0.2, 0.25) is 5.91 Å². The van der Waals surface area contributed by atoms with Crippen molar-refractivity contribution in [3.05, 3.63) is 12.7 Å². The van der Waals surface area contributed by atoms with Crippen LogP contribution in [-0.4, -0.2) is 42.0 Å². The summed E-state index contributed by atoms with van der Waals surface area (Å²) in [5.74, 6) is 0.0781. The number of rotatable bonds is 4. The Labute approximate surface area is 116 Å². The zero-order valence-corrected chi connectivity index (χ0v) is 11.9. The molecule has 3 N–H and O–H groups in total. The predicted molar refractivity (Wildman–Crippen MR) is 77.8 cm³/mol. The van der Waals surface area contributed by atoms with Gasteiger partial charge in [0.25, 0.3) is 0 Å². The summed E-state index contributed by atoms with van der Waals surface area (Å²) in [4.78, 5) is 14.7. The fraction of sp³-hybridized carbons (Fsp3) is 0.800. The molecule has 2 rings (SSSR count). The van der Waals surface area contributed by atoms with Gasteiger partial charge in [-0.05, 0) is 25.7 Å². The molecule has 0 bridgehead atoms. The van der Waals surface area contributed by atoms with Gasteiger partial charge in [-0.15, -0.1) is 6.58 Å². The van der Waals surface area contributed by atoms with E-state index in [9.17, 15) is 4.79 Å². The lowest BCUT2D eigenvalue weighted by Gasteiger charge is -2.36. The number of carbonyl (C=O) groups is 1. The lowest BCUT2D eigenvalue weighted by molar-refractivity contribution is -0.128. The summed E-state index contributed by atoms with van der Waals surface area (Å²) < 4.78 is 0. The number of nitrogens with one attached hydrogen (secondary N) is 1. The number of likely N-dealkylation sites (tertiary alicyclic amines) is 1. The van der Waals surface area contributed by atoms with Crippen LogP contribution in [0.3, 0.4) is 0 Å². The average molecular weight is 265 g/mol. The van der Waals surface area contributed by atoms with Gasteiger partial charge < -0.3 is 11.1 Å². The second kappa shape index (κ2) is 6.53. The molecule has 1 aliphatic carbocycles. The van der Waals surface area contributed by atoms with E-state index < -0.39 is 5.54 Å². The molecule has 0 unspecified atom stereocenters. The van der Waals surface area contributed by atoms with Gasteiger partial charge in [-0.2, -0.15) is 0 Å². The lowest BCUT2D eigenvalue weighted by Crippen LogP contribution is -2.58. The van der Waals surface area contributed by atoms with Crippen molar-refractivity contribution in [2.75, 3.05) is 19.6 Å². The van der Waals surface area contributed by atoms with E-state index >= 15 is 0 Å². The van der Waals surface area contributed by atoms with Crippen LogP contribution in [-0.2, 0) is 4.79 Å². The SMILES string of the molecule is C=CCN1CCC(NC(=O)C2(N)CCCCC2)CC1. The molecule has 1 saturated heterocycles. The smallest absolute Gasteiger partial charge is 0.240 e. The maximum Gasteiger partial charge on any atom is 0.240 e. The first kappa shape index (κ1) is 14.5. The van der Waals surface area contributed by atoms with Crippen LogP contribution in [0.4, 0.5) is 0 Å². The monoisotopic (exact) mass is 265 g/mol. The summed E-state index contributed by atoms with van der Waals surface area (Å²) in [6.45, 7) is 6.78. The van der Waals surface area contributed by atoms with Crippen molar-refractivity contribution in [2.45, 2.75) is 56.5 Å². The molecule has 2 aliphatic rings. The van der Waals surface area contributed by atoms with Crippen molar-refractivity contribution < 1.29 is 4.79 Å². The molecule has 0 radical (unpaired) electrons. The molecule has 0 spiro atoms. The molecule has 1 saturated carbocycles. The van der Waals surface area contributed by atoms with Crippen LogP contribution >= 0.6 is 0 Å². The Morgan fingerprint density at radius 2 is 1.95 bits per heavy atom. The van der Waals surface area contributed by atoms with E-state index in [1.165, 1.54) is 6.42 Å². The summed E-state index contributed by atoms with van der Waals surface area (Å²) in [7, 11) is 0. The maximum atomic E-state index is 12.3. The first-order valence-corrected chi connectivity index (χ1v) is 7.57. The second-order valence-corrected chi connectivity index (χ2v) is 6.05. The molecule has 1 aliphatic heterocycles. The molecule has 1 amide bonds. The summed E-state index contributed by atoms with van der Waals surface area (Å²) >= 11 is 0. The highest BCUT2D eigenvalue weighted by Crippen LogP contribution is 2.26. The minimum atomic E-state index is -0.601. The zero-order chi connectivity index (χ0) is 13.7. The molecule has 19 heavy (non-hydrogen) atoms. The molecule has 2 fully saturated rings. The van der Waals surface area contributed by atoms with Crippen LogP contribution in [0.1, 0.15) is 44.9 Å². The van der Waals surface area contributed by atoms with E-state index in [-0.39, 0.29) is 5.91 Å². The van der Waals surface area contributed by atoms with Crippen molar-refractivity contribution in [1.82, 2.24) is 10.2 Å². The second-order valence-electron chi connectivity index (χ2n) is 6.05. The highest BCUT2D eigenvalue weighted by Gasteiger charge is 2.36. The molecule has 4 heteroatoms. The fourth-order valence-electron chi connectivity index (χ4n) is 3.18. The Balaban J connectivity index is 1.78. The first-order chi connectivity index (χ1) is 9.14. The predicted octanol–water partition coefficient (Wildman–Crippen LogP) is 1.41. The number of nitrogens with zero attached hydrogens (tertiary/aromatic N) is 1. The summed E-state index contributed by atoms with van der Waals surface area (Å²) in [6, 6.07) is 0.302. The van der Waals surface area contributed by atoms with Crippen LogP contribution in [0.15, 0.2) is 12.7 Å². The number of amides is 1. The summed E-state index contributed by atoms with van der Waals surface area (Å²) in [5.41, 5.74) is 5.66. The van der Waals surface area contributed by atoms with Gasteiger partial charge in [0.05, 0.1) is 5.54 Å². The number of nitrogens with two attached hydrogens (primary N) is 1. The molecule has 0 aromatic carbocycles. The van der Waals surface area contributed by atoms with Gasteiger partial charge >= 0.3 is 0 Å². The zero-order valence-electron chi connectivity index (χ0n) is 11.9. The molecular formula is C15H27N3O. The van der Waals surface area contributed by atoms with Crippen molar-refractivity contribution >= 4 is 5.91 Å². The maximum absolute atomic E-state index is 12.3. The van der Waals surface area contributed by atoms with Crippen molar-refractivity contribution in [3.8, 4) is 0 Å². The quantitative estimate of drug-likeness (QED) is 0.756. The normalized spacial score (nSPS) is 24.9. The Morgan fingerprint density at radius 1 is 1.32 bits per heavy atom. The minimum Gasteiger partial charge on any atom is -0.352 e. The molecule has 0 aromatic heterocycles. The van der Waals surface area contributed by atoms with Crippen LogP contribution in [0, 0.1) is 0 Å². The number of hydrogen-bond donors (Lipinski definition) is 2. The van der Waals surface area contributed by atoms with Crippen LogP contribution in [0.25, 0.3) is 0 Å². The standard InChI is InChI=1S/C15H27N3O/c1-2-10-18-11-6-13(7-12-18)17-14(19)15(16)8-4-3-5-9-15/h2,13H,1,3-12,16H2,(H,17,19). The van der Waals surface area contributed by atoms with Crippen molar-refractivity contribution in [1.29, 1.82) is 0 Å². The third-order valence-corrected chi connectivity index (χ3v) is 4.51. The van der Waals surface area contributed by atoms with Gasteiger partial charge in [-0.3, -0.25) is 9.69 Å². The number of hydrogen-bond acceptors (Lipinski definition) is 3. The highest BCUT2D eigenvalue weighted by molar-refractivity contribution is 5.86. The van der Waals surface area contributed by atoms with E-state index in [2.05, 4.69) is 16.8 Å². The average Bonchev–Trinajstić information content (AvgIpc) is 2.42. The van der Waals surface area contributed by atoms with Gasteiger partial charge in [0.1, 0.15) is 0 Å².